The van der Waals surface area contributed by atoms with E-state index in [9.17, 15) is 0 Å². The molecule has 26 heavy (non-hydrogen) atoms. The zero-order valence-corrected chi connectivity index (χ0v) is 15.4. The molecule has 3 aromatic rings. The molecule has 0 unspecified atom stereocenters. The molecule has 0 bridgehead atoms. The van der Waals surface area contributed by atoms with Crippen molar-refractivity contribution < 1.29 is 4.74 Å². The van der Waals surface area contributed by atoms with Crippen molar-refractivity contribution in [1.29, 1.82) is 0 Å². The van der Waals surface area contributed by atoms with Gasteiger partial charge in [-0.15, -0.1) is 10.2 Å². The van der Waals surface area contributed by atoms with Crippen molar-refractivity contribution in [1.82, 2.24) is 19.7 Å². The Kier molecular flexibility index (Phi) is 5.02. The van der Waals surface area contributed by atoms with Gasteiger partial charge in [0.15, 0.2) is 5.82 Å². The van der Waals surface area contributed by atoms with Crippen LogP contribution in [-0.4, -0.2) is 39.4 Å². The Hall–Kier alpha value is -2.21. The quantitative estimate of drug-likeness (QED) is 0.704. The summed E-state index contributed by atoms with van der Waals surface area (Å²) in [5, 5.41) is 9.54. The number of halogens is 1. The molecule has 0 amide bonds. The van der Waals surface area contributed by atoms with Gasteiger partial charge < -0.3 is 9.30 Å². The fourth-order valence-electron chi connectivity index (χ4n) is 3.31. The summed E-state index contributed by atoms with van der Waals surface area (Å²) in [4.78, 5) is 2.34. The summed E-state index contributed by atoms with van der Waals surface area (Å²) < 4.78 is 8.01. The van der Waals surface area contributed by atoms with E-state index in [0.29, 0.717) is 6.61 Å². The van der Waals surface area contributed by atoms with E-state index in [2.05, 4.69) is 31.8 Å². The number of nitrogens with zero attached hydrogens (tertiary/aromatic N) is 4. The minimum absolute atomic E-state index is 0.0146. The van der Waals surface area contributed by atoms with E-state index < -0.39 is 0 Å². The number of benzene rings is 2. The fraction of sp³-hybridized carbons (Fsp3) is 0.300. The van der Waals surface area contributed by atoms with Crippen LogP contribution in [0, 0.1) is 0 Å². The number of aromatic nitrogens is 3. The molecule has 5 nitrogen and oxygen atoms in total. The van der Waals surface area contributed by atoms with Gasteiger partial charge in [-0.2, -0.15) is 0 Å². The molecule has 0 spiro atoms. The van der Waals surface area contributed by atoms with Crippen molar-refractivity contribution in [2.75, 3.05) is 19.7 Å². The van der Waals surface area contributed by atoms with Gasteiger partial charge in [0, 0.05) is 36.3 Å². The fourth-order valence-corrected chi connectivity index (χ4v) is 3.57. The van der Waals surface area contributed by atoms with Crippen LogP contribution >= 0.6 is 11.6 Å². The third kappa shape index (κ3) is 3.51. The number of morpholine rings is 1. The van der Waals surface area contributed by atoms with Crippen LogP contribution in [0.1, 0.15) is 17.5 Å². The van der Waals surface area contributed by atoms with Gasteiger partial charge in [-0.05, 0) is 6.07 Å². The summed E-state index contributed by atoms with van der Waals surface area (Å²) in [5.74, 6) is 1.83. The molecule has 1 fully saturated rings. The van der Waals surface area contributed by atoms with E-state index in [1.807, 2.05) is 49.5 Å². The molecule has 1 aliphatic heterocycles. The van der Waals surface area contributed by atoms with Crippen LogP contribution in [-0.2, 0) is 18.3 Å². The van der Waals surface area contributed by atoms with Crippen LogP contribution in [0.15, 0.2) is 54.6 Å². The first-order chi connectivity index (χ1) is 12.7. The second-order valence-corrected chi connectivity index (χ2v) is 6.89. The lowest BCUT2D eigenvalue weighted by Gasteiger charge is -2.33. The molecule has 6 heteroatoms. The SMILES string of the molecule is Cn1c(CN2CCO[C@H](c3ccccc3Cl)C2)nnc1-c1ccccc1. The summed E-state index contributed by atoms with van der Waals surface area (Å²) in [6.45, 7) is 3.08. The number of hydrogen-bond donors (Lipinski definition) is 0. The van der Waals surface area contributed by atoms with Crippen molar-refractivity contribution in [3.8, 4) is 11.4 Å². The third-order valence-electron chi connectivity index (χ3n) is 4.76. The van der Waals surface area contributed by atoms with E-state index in [1.165, 1.54) is 0 Å². The van der Waals surface area contributed by atoms with Gasteiger partial charge in [0.25, 0.3) is 0 Å². The molecule has 2 heterocycles. The minimum Gasteiger partial charge on any atom is -0.371 e. The lowest BCUT2D eigenvalue weighted by Crippen LogP contribution is -2.38. The van der Waals surface area contributed by atoms with Gasteiger partial charge in [-0.3, -0.25) is 4.90 Å². The summed E-state index contributed by atoms with van der Waals surface area (Å²) in [5.41, 5.74) is 2.12. The highest BCUT2D eigenvalue weighted by Crippen LogP contribution is 2.29. The monoisotopic (exact) mass is 368 g/mol. The molecule has 2 aromatic carbocycles. The Morgan fingerprint density at radius 2 is 1.85 bits per heavy atom. The Balaban J connectivity index is 1.49. The first kappa shape index (κ1) is 17.2. The molecule has 0 saturated carbocycles. The normalized spacial score (nSPS) is 18.2. The smallest absolute Gasteiger partial charge is 0.163 e. The second-order valence-electron chi connectivity index (χ2n) is 6.48. The van der Waals surface area contributed by atoms with Crippen molar-refractivity contribution in [3.05, 3.63) is 71.0 Å². The topological polar surface area (TPSA) is 43.2 Å². The third-order valence-corrected chi connectivity index (χ3v) is 5.11. The molecule has 0 aliphatic carbocycles. The van der Waals surface area contributed by atoms with Crippen molar-refractivity contribution in [2.24, 2.45) is 7.05 Å². The predicted molar refractivity (Wildman–Crippen MR) is 102 cm³/mol. The number of rotatable bonds is 4. The highest BCUT2D eigenvalue weighted by atomic mass is 35.5. The number of ether oxygens (including phenoxy) is 1. The van der Waals surface area contributed by atoms with Crippen LogP contribution < -0.4 is 0 Å². The molecule has 1 saturated heterocycles. The first-order valence-electron chi connectivity index (χ1n) is 8.74. The molecule has 1 atom stereocenters. The van der Waals surface area contributed by atoms with Gasteiger partial charge in [0.05, 0.1) is 19.3 Å². The first-order valence-corrected chi connectivity index (χ1v) is 9.12. The van der Waals surface area contributed by atoms with E-state index in [0.717, 1.165) is 47.4 Å². The maximum atomic E-state index is 6.34. The maximum Gasteiger partial charge on any atom is 0.163 e. The molecule has 1 aliphatic rings. The molecule has 0 N–H and O–H groups in total. The van der Waals surface area contributed by atoms with E-state index >= 15 is 0 Å². The zero-order chi connectivity index (χ0) is 17.9. The van der Waals surface area contributed by atoms with Gasteiger partial charge in [-0.25, -0.2) is 0 Å². The van der Waals surface area contributed by atoms with E-state index in [4.69, 9.17) is 16.3 Å². The second kappa shape index (κ2) is 7.58. The lowest BCUT2D eigenvalue weighted by molar-refractivity contribution is -0.0338. The maximum absolute atomic E-state index is 6.34. The Bertz CT molecular complexity index is 881. The average molecular weight is 369 g/mol. The number of hydrogen-bond acceptors (Lipinski definition) is 4. The Labute approximate surface area is 158 Å². The summed E-state index contributed by atoms with van der Waals surface area (Å²) in [7, 11) is 2.02. The van der Waals surface area contributed by atoms with Crippen molar-refractivity contribution in [2.45, 2.75) is 12.6 Å². The van der Waals surface area contributed by atoms with Gasteiger partial charge in [0.2, 0.25) is 0 Å². The van der Waals surface area contributed by atoms with Gasteiger partial charge >= 0.3 is 0 Å². The largest absolute Gasteiger partial charge is 0.371 e. The van der Waals surface area contributed by atoms with E-state index in [1.54, 1.807) is 0 Å². The highest BCUT2D eigenvalue weighted by molar-refractivity contribution is 6.31. The highest BCUT2D eigenvalue weighted by Gasteiger charge is 2.25. The van der Waals surface area contributed by atoms with Crippen LogP contribution in [0.2, 0.25) is 5.02 Å². The molecule has 0 radical (unpaired) electrons. The molecule has 4 rings (SSSR count). The predicted octanol–water partition coefficient (Wildman–Crippen LogP) is 3.71. The summed E-state index contributed by atoms with van der Waals surface area (Å²) >= 11 is 6.34. The van der Waals surface area contributed by atoms with Gasteiger partial charge in [-0.1, -0.05) is 60.1 Å². The Morgan fingerprint density at radius 1 is 1.08 bits per heavy atom. The molecular formula is C20H21ClN4O. The van der Waals surface area contributed by atoms with Crippen molar-refractivity contribution >= 4 is 11.6 Å². The van der Waals surface area contributed by atoms with Crippen LogP contribution in [0.3, 0.4) is 0 Å². The molecule has 1 aromatic heterocycles. The standard InChI is InChI=1S/C20H21ClN4O/c1-24-19(22-23-20(24)15-7-3-2-4-8-15)14-25-11-12-26-18(13-25)16-9-5-6-10-17(16)21/h2-10,18H,11-14H2,1H3/t18-/m0/s1. The lowest BCUT2D eigenvalue weighted by atomic mass is 10.1. The zero-order valence-electron chi connectivity index (χ0n) is 14.7. The summed E-state index contributed by atoms with van der Waals surface area (Å²) in [6.07, 6.45) is -0.0146. The summed E-state index contributed by atoms with van der Waals surface area (Å²) in [6, 6.07) is 18.0. The van der Waals surface area contributed by atoms with Crippen molar-refractivity contribution in [3.63, 3.8) is 0 Å². The minimum atomic E-state index is -0.0146. The molecule has 134 valence electrons. The average Bonchev–Trinajstić information content (AvgIpc) is 3.03. The van der Waals surface area contributed by atoms with Crippen LogP contribution in [0.25, 0.3) is 11.4 Å². The van der Waals surface area contributed by atoms with Gasteiger partial charge in [0.1, 0.15) is 5.82 Å². The van der Waals surface area contributed by atoms with E-state index in [-0.39, 0.29) is 6.10 Å². The van der Waals surface area contributed by atoms with Crippen LogP contribution in [0.5, 0.6) is 0 Å². The molecular weight excluding hydrogens is 348 g/mol. The van der Waals surface area contributed by atoms with Crippen LogP contribution in [0.4, 0.5) is 0 Å². The Morgan fingerprint density at radius 3 is 2.65 bits per heavy atom.